The normalized spacial score (nSPS) is 17.3. The van der Waals surface area contributed by atoms with E-state index >= 15 is 0 Å². The summed E-state index contributed by atoms with van der Waals surface area (Å²) < 4.78 is 0. The lowest BCUT2D eigenvalue weighted by Crippen LogP contribution is -2.46. The van der Waals surface area contributed by atoms with Crippen molar-refractivity contribution in [1.82, 2.24) is 4.90 Å². The topological polar surface area (TPSA) is 76.8 Å². The van der Waals surface area contributed by atoms with Crippen molar-refractivity contribution >= 4 is 17.3 Å². The molecule has 1 rings (SSSR count). The number of carbonyl (C=O) groups is 1. The first-order chi connectivity index (χ1) is 10.3. The van der Waals surface area contributed by atoms with Gasteiger partial charge < -0.3 is 10.0 Å². The number of carbonyl (C=O) groups excluding carboxylic acids is 1. The van der Waals surface area contributed by atoms with Crippen molar-refractivity contribution in [2.75, 3.05) is 19.6 Å². The first kappa shape index (κ1) is 17.8. The van der Waals surface area contributed by atoms with Crippen molar-refractivity contribution < 1.29 is 9.90 Å². The number of hydrogen-bond donors (Lipinski definition) is 2. The van der Waals surface area contributed by atoms with Gasteiger partial charge in [-0.1, -0.05) is 31.9 Å². The molecular formula is C17H23N3O2. The fourth-order valence-electron chi connectivity index (χ4n) is 2.15. The first-order valence-electron chi connectivity index (χ1n) is 7.09. The second-order valence-corrected chi connectivity index (χ2v) is 5.20. The Morgan fingerprint density at radius 1 is 1.50 bits per heavy atom. The zero-order valence-corrected chi connectivity index (χ0v) is 13.2. The van der Waals surface area contributed by atoms with E-state index in [-0.39, 0.29) is 23.9 Å². The molecule has 0 saturated heterocycles. The van der Waals surface area contributed by atoms with Gasteiger partial charge in [0.2, 0.25) is 0 Å². The van der Waals surface area contributed by atoms with E-state index in [1.807, 2.05) is 0 Å². The molecule has 0 radical (unpaired) electrons. The van der Waals surface area contributed by atoms with Crippen LogP contribution in [0.4, 0.5) is 0 Å². The van der Waals surface area contributed by atoms with Gasteiger partial charge in [0.1, 0.15) is 5.71 Å². The van der Waals surface area contributed by atoms with Gasteiger partial charge in [0.25, 0.3) is 5.91 Å². The van der Waals surface area contributed by atoms with Crippen LogP contribution in [-0.4, -0.2) is 53.1 Å². The van der Waals surface area contributed by atoms with E-state index in [0.29, 0.717) is 29.8 Å². The largest absolute Gasteiger partial charge is 0.392 e. The fraction of sp³-hybridized carbons (Fsp3) is 0.353. The highest BCUT2D eigenvalue weighted by Gasteiger charge is 2.29. The highest BCUT2D eigenvalue weighted by molar-refractivity contribution is 6.53. The third-order valence-electron chi connectivity index (χ3n) is 3.37. The lowest BCUT2D eigenvalue weighted by Gasteiger charge is -2.29. The van der Waals surface area contributed by atoms with Crippen LogP contribution < -0.4 is 0 Å². The maximum Gasteiger partial charge on any atom is 0.272 e. The first-order valence-corrected chi connectivity index (χ1v) is 7.09. The zero-order valence-electron chi connectivity index (χ0n) is 13.2. The Hall–Kier alpha value is -2.27. The van der Waals surface area contributed by atoms with Gasteiger partial charge in [-0.2, -0.15) is 0 Å². The van der Waals surface area contributed by atoms with Crippen LogP contribution in [0.5, 0.6) is 0 Å². The number of aliphatic imine (C=N–C) groups is 1. The SMILES string of the molecule is C=CC(=C)C(=N)/C(C1=NCCN(CC(C)O)C1=O)=C(\C)C=C. The van der Waals surface area contributed by atoms with E-state index < -0.39 is 6.10 Å². The number of aliphatic hydroxyl groups is 1. The lowest BCUT2D eigenvalue weighted by molar-refractivity contribution is -0.125. The van der Waals surface area contributed by atoms with Gasteiger partial charge in [0.15, 0.2) is 0 Å². The second-order valence-electron chi connectivity index (χ2n) is 5.20. The molecule has 1 amide bonds. The van der Waals surface area contributed by atoms with Gasteiger partial charge in [-0.3, -0.25) is 15.2 Å². The summed E-state index contributed by atoms with van der Waals surface area (Å²) in [4.78, 5) is 18.4. The number of hydrogen-bond acceptors (Lipinski definition) is 4. The summed E-state index contributed by atoms with van der Waals surface area (Å²) in [5.41, 5.74) is 1.84. The molecule has 1 heterocycles. The molecule has 1 aliphatic rings. The molecule has 1 atom stereocenters. The molecule has 0 aromatic carbocycles. The molecule has 5 heteroatoms. The summed E-state index contributed by atoms with van der Waals surface area (Å²) in [7, 11) is 0. The Morgan fingerprint density at radius 3 is 2.64 bits per heavy atom. The lowest BCUT2D eigenvalue weighted by atomic mass is 9.93. The summed E-state index contributed by atoms with van der Waals surface area (Å²) in [6, 6.07) is 0. The zero-order chi connectivity index (χ0) is 16.9. The molecule has 2 N–H and O–H groups in total. The molecule has 0 fully saturated rings. The molecule has 5 nitrogen and oxygen atoms in total. The predicted molar refractivity (Wildman–Crippen MR) is 90.5 cm³/mol. The number of amides is 1. The number of allylic oxidation sites excluding steroid dienone is 4. The molecule has 1 aliphatic heterocycles. The average Bonchev–Trinajstić information content (AvgIpc) is 2.49. The Morgan fingerprint density at radius 2 is 2.14 bits per heavy atom. The van der Waals surface area contributed by atoms with E-state index in [2.05, 4.69) is 24.7 Å². The summed E-state index contributed by atoms with van der Waals surface area (Å²) in [5, 5.41) is 17.7. The molecule has 1 unspecified atom stereocenters. The van der Waals surface area contributed by atoms with Crippen molar-refractivity contribution in [2.24, 2.45) is 4.99 Å². The summed E-state index contributed by atoms with van der Waals surface area (Å²) in [6.45, 7) is 15.6. The van der Waals surface area contributed by atoms with Gasteiger partial charge in [-0.15, -0.1) is 0 Å². The van der Waals surface area contributed by atoms with Crippen LogP contribution in [0.25, 0.3) is 0 Å². The molecule has 0 saturated carbocycles. The van der Waals surface area contributed by atoms with Crippen LogP contribution in [0.1, 0.15) is 13.8 Å². The van der Waals surface area contributed by atoms with Crippen molar-refractivity contribution in [3.63, 3.8) is 0 Å². The van der Waals surface area contributed by atoms with Crippen molar-refractivity contribution in [3.8, 4) is 0 Å². The van der Waals surface area contributed by atoms with Crippen molar-refractivity contribution in [2.45, 2.75) is 20.0 Å². The minimum Gasteiger partial charge on any atom is -0.392 e. The average molecular weight is 301 g/mol. The summed E-state index contributed by atoms with van der Waals surface area (Å²) in [5.74, 6) is -0.287. The van der Waals surface area contributed by atoms with E-state index in [4.69, 9.17) is 5.41 Å². The number of aliphatic hydroxyl groups excluding tert-OH is 1. The minimum absolute atomic E-state index is 0.110. The van der Waals surface area contributed by atoms with E-state index in [1.54, 1.807) is 24.8 Å². The highest BCUT2D eigenvalue weighted by atomic mass is 16.3. The van der Waals surface area contributed by atoms with E-state index in [9.17, 15) is 9.90 Å². The maximum atomic E-state index is 12.6. The third kappa shape index (κ3) is 3.89. The van der Waals surface area contributed by atoms with Crippen LogP contribution in [0.15, 0.2) is 53.6 Å². The molecule has 118 valence electrons. The number of nitrogens with zero attached hydrogens (tertiary/aromatic N) is 2. The number of rotatable bonds is 7. The van der Waals surface area contributed by atoms with Gasteiger partial charge in [-0.05, 0) is 25.0 Å². The summed E-state index contributed by atoms with van der Waals surface area (Å²) in [6.07, 6.45) is 2.45. The predicted octanol–water partition coefficient (Wildman–Crippen LogP) is 1.91. The fourth-order valence-corrected chi connectivity index (χ4v) is 2.15. The Labute approximate surface area is 131 Å². The minimum atomic E-state index is -0.612. The second kappa shape index (κ2) is 7.66. The van der Waals surface area contributed by atoms with E-state index in [0.717, 1.165) is 0 Å². The van der Waals surface area contributed by atoms with Gasteiger partial charge in [0.05, 0.1) is 18.4 Å². The highest BCUT2D eigenvalue weighted by Crippen LogP contribution is 2.18. The van der Waals surface area contributed by atoms with Crippen LogP contribution in [0.2, 0.25) is 0 Å². The van der Waals surface area contributed by atoms with Crippen LogP contribution in [0, 0.1) is 5.41 Å². The molecule has 0 spiro atoms. The van der Waals surface area contributed by atoms with Crippen LogP contribution in [-0.2, 0) is 4.79 Å². The smallest absolute Gasteiger partial charge is 0.272 e. The summed E-state index contributed by atoms with van der Waals surface area (Å²) >= 11 is 0. The van der Waals surface area contributed by atoms with Crippen LogP contribution >= 0.6 is 0 Å². The molecule has 22 heavy (non-hydrogen) atoms. The third-order valence-corrected chi connectivity index (χ3v) is 3.37. The Balaban J connectivity index is 3.27. The van der Waals surface area contributed by atoms with Gasteiger partial charge in [0, 0.05) is 18.7 Å². The maximum absolute atomic E-state index is 12.6. The van der Waals surface area contributed by atoms with Gasteiger partial charge in [-0.25, -0.2) is 0 Å². The number of β-amino-alcohol motifs (C(OH)–C–C–N with tert-alkyl or cyclic N) is 1. The quantitative estimate of drug-likeness (QED) is 0.556. The molecular weight excluding hydrogens is 278 g/mol. The van der Waals surface area contributed by atoms with Gasteiger partial charge >= 0.3 is 0 Å². The Bertz CT molecular complexity index is 583. The monoisotopic (exact) mass is 301 g/mol. The standard InChI is InChI=1S/C17H23N3O2/c1-6-11(3)14(15(18)12(4)7-2)16-17(22)20(9-8-19-16)10-13(5)21/h6-7,13,18,21H,1-2,4,8-10H2,3,5H3/b14-11-,18-15?. The van der Waals surface area contributed by atoms with E-state index in [1.165, 1.54) is 6.08 Å². The molecule has 0 bridgehead atoms. The Kier molecular flexibility index (Phi) is 6.19. The molecule has 0 aromatic heterocycles. The van der Waals surface area contributed by atoms with Crippen molar-refractivity contribution in [3.05, 3.63) is 48.6 Å². The van der Waals surface area contributed by atoms with Crippen LogP contribution in [0.3, 0.4) is 0 Å². The number of nitrogens with one attached hydrogen (secondary N) is 1. The molecule has 0 aromatic rings. The molecule has 0 aliphatic carbocycles. The van der Waals surface area contributed by atoms with Crippen molar-refractivity contribution in [1.29, 1.82) is 5.41 Å².